The Kier molecular flexibility index (Phi) is 15.9. The zero-order chi connectivity index (χ0) is 39.8. The summed E-state index contributed by atoms with van der Waals surface area (Å²) in [7, 11) is 0. The molecule has 5 aromatic carbocycles. The Labute approximate surface area is 351 Å². The number of aryl methyl sites for hydroxylation is 2. The molecule has 0 saturated heterocycles. The zero-order valence-electron chi connectivity index (χ0n) is 36.2. The Morgan fingerprint density at radius 2 is 0.517 bits per heavy atom. The monoisotopic (exact) mass is 771 g/mol. The van der Waals surface area contributed by atoms with Crippen LogP contribution < -0.4 is 0 Å². The molecule has 7 rings (SSSR count). The summed E-state index contributed by atoms with van der Waals surface area (Å²) < 4.78 is 5.10. The predicted octanol–water partition coefficient (Wildman–Crippen LogP) is 17.4. The number of aromatic nitrogens is 2. The van der Waals surface area contributed by atoms with Gasteiger partial charge in [0, 0.05) is 78.2 Å². The van der Waals surface area contributed by atoms with Crippen molar-refractivity contribution in [2.24, 2.45) is 0 Å². The van der Waals surface area contributed by atoms with Crippen molar-refractivity contribution < 1.29 is 0 Å². The first-order valence-electron chi connectivity index (χ1n) is 23.9. The normalized spacial score (nSPS) is 11.8. The molecule has 2 aromatic heterocycles. The third kappa shape index (κ3) is 11.0. The fraction of sp³-hybridized carbons (Fsp3) is 0.500. The second-order valence-electron chi connectivity index (χ2n) is 17.5. The standard InChI is InChI=1S/C56H70N2/c1-3-5-7-9-11-13-15-17-19-21-23-25-39-57-53-35-31-45-27-29-47-33-37-55-51(43-47)52-44-48(30-28-46-32-36-54(57)50(42-46)49(53)41-45)34-38-56(52)58(55)40-26-24-22-20-18-16-14-12-10-8-6-4-2/h31-38,41-44H,3-26,39-40H2,1-2H3. The Bertz CT molecular complexity index is 2050. The van der Waals surface area contributed by atoms with Crippen LogP contribution in [0.2, 0.25) is 0 Å². The van der Waals surface area contributed by atoms with Crippen LogP contribution in [0.3, 0.4) is 0 Å². The van der Waals surface area contributed by atoms with E-state index in [9.17, 15) is 0 Å². The van der Waals surface area contributed by atoms with Gasteiger partial charge in [0.1, 0.15) is 0 Å². The predicted molar refractivity (Wildman–Crippen MR) is 254 cm³/mol. The van der Waals surface area contributed by atoms with Gasteiger partial charge < -0.3 is 9.13 Å². The highest BCUT2D eigenvalue weighted by atomic mass is 15.0. The number of nitrogens with zero attached hydrogens (tertiary/aromatic N) is 2. The van der Waals surface area contributed by atoms with E-state index in [-0.39, 0.29) is 0 Å². The SMILES string of the molecule is CCCCCCCCCCCCCCn1c2ccc3c#cc4ccc5c(c4)c4cc(c#cc6ccc1c(c6)c2c3)ccc4n5CCCCCCCCCCCCCC. The molecule has 0 atom stereocenters. The van der Waals surface area contributed by atoms with Crippen LogP contribution in [0.4, 0.5) is 0 Å². The molecule has 2 nitrogen and oxygen atoms in total. The summed E-state index contributed by atoms with van der Waals surface area (Å²) in [4.78, 5) is 0. The smallest absolute Gasteiger partial charge is 0.0492 e. The minimum Gasteiger partial charge on any atom is -0.340 e. The second-order valence-corrected chi connectivity index (χ2v) is 17.5. The first-order chi connectivity index (χ1) is 28.7. The van der Waals surface area contributed by atoms with Crippen molar-refractivity contribution in [3.8, 4) is 0 Å². The fourth-order valence-corrected chi connectivity index (χ4v) is 9.51. The summed E-state index contributed by atoms with van der Waals surface area (Å²) in [6.45, 7) is 6.70. The summed E-state index contributed by atoms with van der Waals surface area (Å²) >= 11 is 0. The lowest BCUT2D eigenvalue weighted by atomic mass is 10.1. The van der Waals surface area contributed by atoms with Crippen molar-refractivity contribution in [3.63, 3.8) is 0 Å². The zero-order valence-corrected chi connectivity index (χ0v) is 36.2. The van der Waals surface area contributed by atoms with E-state index in [0.29, 0.717) is 0 Å². The Balaban J connectivity index is 1.05. The summed E-state index contributed by atoms with van der Waals surface area (Å²) in [5.74, 6) is 0. The molecule has 2 heterocycles. The van der Waals surface area contributed by atoms with Crippen LogP contribution in [0.5, 0.6) is 0 Å². The van der Waals surface area contributed by atoms with E-state index >= 15 is 0 Å². The van der Waals surface area contributed by atoms with E-state index < -0.39 is 0 Å². The number of unbranched alkanes of at least 4 members (excludes halogenated alkanes) is 22. The lowest BCUT2D eigenvalue weighted by Gasteiger charge is -2.08. The van der Waals surface area contributed by atoms with Crippen molar-refractivity contribution in [2.75, 3.05) is 0 Å². The van der Waals surface area contributed by atoms with Crippen LogP contribution in [0.1, 0.15) is 168 Å². The Hall–Kier alpha value is -4.40. The maximum absolute atomic E-state index is 3.56. The lowest BCUT2D eigenvalue weighted by molar-refractivity contribution is 0.533. The summed E-state index contributed by atoms with van der Waals surface area (Å²) in [5, 5.41) is 9.40. The van der Waals surface area contributed by atoms with Crippen LogP contribution >= 0.6 is 0 Å². The second kappa shape index (κ2) is 22.1. The number of benzene rings is 4. The topological polar surface area (TPSA) is 9.86 Å². The van der Waals surface area contributed by atoms with Gasteiger partial charge in [-0.15, -0.1) is 0 Å². The van der Waals surface area contributed by atoms with E-state index in [1.165, 1.54) is 198 Å². The fourth-order valence-electron chi connectivity index (χ4n) is 9.51. The molecular formula is C56H70N2. The maximum atomic E-state index is 3.56. The van der Waals surface area contributed by atoms with Gasteiger partial charge in [0.15, 0.2) is 0 Å². The van der Waals surface area contributed by atoms with Crippen molar-refractivity contribution in [3.05, 3.63) is 97.1 Å². The quantitative estimate of drug-likeness (QED) is 0.0486. The van der Waals surface area contributed by atoms with Gasteiger partial charge >= 0.3 is 0 Å². The van der Waals surface area contributed by atoms with Gasteiger partial charge in [-0.3, -0.25) is 0 Å². The summed E-state index contributed by atoms with van der Waals surface area (Å²) in [6.07, 6.45) is 32.9. The van der Waals surface area contributed by atoms with Crippen LogP contribution in [0.25, 0.3) is 65.2 Å². The molecule has 0 N–H and O–H groups in total. The van der Waals surface area contributed by atoms with Crippen LogP contribution in [-0.4, -0.2) is 9.13 Å². The van der Waals surface area contributed by atoms with Crippen LogP contribution in [0, 0.1) is 24.3 Å². The van der Waals surface area contributed by atoms with Crippen molar-refractivity contribution in [1.82, 2.24) is 9.13 Å². The average molecular weight is 771 g/mol. The van der Waals surface area contributed by atoms with Gasteiger partial charge in [0.25, 0.3) is 0 Å². The highest BCUT2D eigenvalue weighted by molar-refractivity contribution is 6.12. The van der Waals surface area contributed by atoms with Crippen LogP contribution in [0.15, 0.2) is 72.8 Å². The van der Waals surface area contributed by atoms with E-state index in [1.807, 2.05) is 0 Å². The van der Waals surface area contributed by atoms with Crippen molar-refractivity contribution >= 4 is 65.2 Å². The molecule has 304 valence electrons. The molecule has 8 bridgehead atoms. The van der Waals surface area contributed by atoms with Gasteiger partial charge in [0.2, 0.25) is 0 Å². The largest absolute Gasteiger partial charge is 0.340 e. The molecule has 0 aliphatic rings. The molecule has 0 unspecified atom stereocenters. The van der Waals surface area contributed by atoms with E-state index in [1.54, 1.807) is 0 Å². The van der Waals surface area contributed by atoms with Crippen LogP contribution in [-0.2, 0) is 13.1 Å². The van der Waals surface area contributed by atoms with Gasteiger partial charge in [-0.1, -0.05) is 179 Å². The first kappa shape index (κ1) is 41.7. The van der Waals surface area contributed by atoms with Gasteiger partial charge in [0.05, 0.1) is 0 Å². The van der Waals surface area contributed by atoms with Gasteiger partial charge in [-0.2, -0.15) is 0 Å². The maximum Gasteiger partial charge on any atom is 0.0492 e. The Morgan fingerprint density at radius 3 is 0.759 bits per heavy atom. The number of hydrogen-bond acceptors (Lipinski definition) is 0. The molecule has 0 radical (unpaired) electrons. The molecule has 0 fully saturated rings. The Morgan fingerprint density at radius 1 is 0.293 bits per heavy atom. The molecule has 0 spiro atoms. The number of fused-ring (bicyclic) bond motifs is 4. The van der Waals surface area contributed by atoms with E-state index in [2.05, 4.69) is 120 Å². The highest BCUT2D eigenvalue weighted by Gasteiger charge is 2.13. The number of rotatable bonds is 26. The molecule has 0 saturated carbocycles. The molecule has 0 amide bonds. The molecule has 7 aromatic rings. The molecule has 2 heteroatoms. The summed E-state index contributed by atoms with van der Waals surface area (Å²) in [5.41, 5.74) is 5.23. The molecule has 58 heavy (non-hydrogen) atoms. The van der Waals surface area contributed by atoms with Gasteiger partial charge in [-0.05, 0) is 85.6 Å². The highest BCUT2D eigenvalue weighted by Crippen LogP contribution is 2.33. The minimum atomic E-state index is 1.05. The lowest BCUT2D eigenvalue weighted by Crippen LogP contribution is -1.97. The van der Waals surface area contributed by atoms with E-state index in [4.69, 9.17) is 0 Å². The minimum absolute atomic E-state index is 1.05. The summed E-state index contributed by atoms with van der Waals surface area (Å²) in [6, 6.07) is 41.6. The molecule has 0 aliphatic heterocycles. The van der Waals surface area contributed by atoms with Crippen molar-refractivity contribution in [1.29, 1.82) is 0 Å². The third-order valence-electron chi connectivity index (χ3n) is 12.9. The number of hydrogen-bond donors (Lipinski definition) is 0. The molecule has 0 aliphatic carbocycles. The first-order valence-corrected chi connectivity index (χ1v) is 23.9. The van der Waals surface area contributed by atoms with Gasteiger partial charge in [-0.25, -0.2) is 0 Å². The third-order valence-corrected chi connectivity index (χ3v) is 12.9. The molecular weight excluding hydrogens is 701 g/mol. The average Bonchev–Trinajstić information content (AvgIpc) is 3.72. The van der Waals surface area contributed by atoms with E-state index in [0.717, 1.165) is 34.6 Å². The van der Waals surface area contributed by atoms with Crippen molar-refractivity contribution in [2.45, 2.75) is 181 Å².